The fraction of sp³-hybridized carbons (Fsp3) is 0.0526. The summed E-state index contributed by atoms with van der Waals surface area (Å²) in [5.41, 5.74) is 18.8. The van der Waals surface area contributed by atoms with Gasteiger partial charge in [-0.1, -0.05) is 159 Å². The average molecular weight is 770 g/mol. The molecule has 12 rings (SSSR count). The zero-order valence-electron chi connectivity index (χ0n) is 33.3. The van der Waals surface area contributed by atoms with E-state index in [4.69, 9.17) is 8.83 Å². The number of fused-ring (bicyclic) bond motifs is 9. The van der Waals surface area contributed by atoms with Crippen LogP contribution in [0.5, 0.6) is 0 Å². The number of hydrogen-bond donors (Lipinski definition) is 0. The normalized spacial score (nSPS) is 13.0. The van der Waals surface area contributed by atoms with Gasteiger partial charge in [0, 0.05) is 55.1 Å². The molecule has 3 heteroatoms. The second-order valence-electron chi connectivity index (χ2n) is 16.5. The molecule has 11 aromatic rings. The van der Waals surface area contributed by atoms with Crippen LogP contribution in [-0.2, 0) is 5.41 Å². The van der Waals surface area contributed by atoms with Crippen LogP contribution in [0.15, 0.2) is 209 Å². The maximum atomic E-state index is 6.45. The Morgan fingerprint density at radius 2 is 0.783 bits per heavy atom. The third-order valence-electron chi connectivity index (χ3n) is 12.7. The minimum absolute atomic E-state index is 0.193. The van der Waals surface area contributed by atoms with Gasteiger partial charge in [-0.15, -0.1) is 0 Å². The second kappa shape index (κ2) is 13.2. The largest absolute Gasteiger partial charge is 0.455 e. The SMILES string of the molecule is CC1(C)c2cc(-c3ccccc3)ccc2-c2ccc(N(c3ccc(-c4cccc5c4oc4ccccc45)cc3)c3ccc(-c4cccc5c4oc4ccccc45)cc3)cc21. The van der Waals surface area contributed by atoms with Crippen LogP contribution in [0.1, 0.15) is 25.0 Å². The molecule has 9 aromatic carbocycles. The van der Waals surface area contributed by atoms with Crippen molar-refractivity contribution in [3.05, 3.63) is 211 Å². The standard InChI is InChI=1S/C57H39NO2/c1-57(2)51-34-39(36-12-4-3-5-13-36)26-32-45(51)46-33-31-42(35-52(46)57)58(40-27-22-37(23-28-40)43-16-10-18-49-47-14-6-8-20-53(47)59-55(43)49)41-29-24-38(25-30-41)44-17-11-19-50-48-15-7-9-21-54(48)60-56(44)50/h3-35H,1-2H3. The molecule has 0 saturated carbocycles. The molecule has 2 aromatic heterocycles. The van der Waals surface area contributed by atoms with Crippen LogP contribution in [0.25, 0.3) is 88.4 Å². The topological polar surface area (TPSA) is 29.5 Å². The van der Waals surface area contributed by atoms with E-state index in [2.05, 4.69) is 195 Å². The molecule has 0 N–H and O–H groups in total. The van der Waals surface area contributed by atoms with E-state index in [1.807, 2.05) is 24.3 Å². The van der Waals surface area contributed by atoms with Gasteiger partial charge in [0.1, 0.15) is 22.3 Å². The Morgan fingerprint density at radius 1 is 0.333 bits per heavy atom. The summed E-state index contributed by atoms with van der Waals surface area (Å²) >= 11 is 0. The van der Waals surface area contributed by atoms with Gasteiger partial charge in [0.15, 0.2) is 0 Å². The van der Waals surface area contributed by atoms with Crippen LogP contribution in [0.4, 0.5) is 17.1 Å². The van der Waals surface area contributed by atoms with E-state index in [9.17, 15) is 0 Å². The quantitative estimate of drug-likeness (QED) is 0.169. The van der Waals surface area contributed by atoms with Crippen molar-refractivity contribution < 1.29 is 8.83 Å². The Labute approximate surface area is 348 Å². The number of benzene rings is 9. The first-order chi connectivity index (χ1) is 29.5. The van der Waals surface area contributed by atoms with E-state index < -0.39 is 0 Å². The number of rotatable bonds is 6. The molecule has 1 aliphatic rings. The molecule has 284 valence electrons. The molecule has 0 radical (unpaired) electrons. The molecule has 0 amide bonds. The van der Waals surface area contributed by atoms with Gasteiger partial charge in [0.25, 0.3) is 0 Å². The number of furan rings is 2. The van der Waals surface area contributed by atoms with Crippen molar-refractivity contribution in [2.24, 2.45) is 0 Å². The van der Waals surface area contributed by atoms with E-state index in [-0.39, 0.29) is 5.41 Å². The van der Waals surface area contributed by atoms with Crippen LogP contribution in [0.2, 0.25) is 0 Å². The average Bonchev–Trinajstić information content (AvgIpc) is 3.95. The van der Waals surface area contributed by atoms with Crippen molar-refractivity contribution in [2.75, 3.05) is 4.90 Å². The maximum absolute atomic E-state index is 6.45. The van der Waals surface area contributed by atoms with E-state index in [0.29, 0.717) is 0 Å². The first kappa shape index (κ1) is 34.4. The van der Waals surface area contributed by atoms with Gasteiger partial charge in [0.2, 0.25) is 0 Å². The highest BCUT2D eigenvalue weighted by molar-refractivity contribution is 6.10. The minimum Gasteiger partial charge on any atom is -0.455 e. The van der Waals surface area contributed by atoms with E-state index in [0.717, 1.165) is 83.2 Å². The Morgan fingerprint density at radius 3 is 1.35 bits per heavy atom. The summed E-state index contributed by atoms with van der Waals surface area (Å²) in [6, 6.07) is 71.9. The van der Waals surface area contributed by atoms with Crippen molar-refractivity contribution in [2.45, 2.75) is 19.3 Å². The summed E-state index contributed by atoms with van der Waals surface area (Å²) in [6.45, 7) is 4.73. The van der Waals surface area contributed by atoms with Crippen molar-refractivity contribution in [1.29, 1.82) is 0 Å². The van der Waals surface area contributed by atoms with E-state index in [1.165, 1.54) is 33.4 Å². The monoisotopic (exact) mass is 769 g/mol. The summed E-state index contributed by atoms with van der Waals surface area (Å²) in [6.07, 6.45) is 0. The van der Waals surface area contributed by atoms with Gasteiger partial charge in [0.05, 0.1) is 0 Å². The first-order valence-corrected chi connectivity index (χ1v) is 20.7. The molecular weight excluding hydrogens is 731 g/mol. The van der Waals surface area contributed by atoms with Crippen LogP contribution in [-0.4, -0.2) is 0 Å². The van der Waals surface area contributed by atoms with Gasteiger partial charge in [-0.05, 0) is 99.1 Å². The van der Waals surface area contributed by atoms with Crippen LogP contribution < -0.4 is 4.90 Å². The third-order valence-corrected chi connectivity index (χ3v) is 12.7. The predicted molar refractivity (Wildman–Crippen MR) is 250 cm³/mol. The zero-order chi connectivity index (χ0) is 40.0. The molecule has 0 atom stereocenters. The van der Waals surface area contributed by atoms with Crippen molar-refractivity contribution in [1.82, 2.24) is 0 Å². The molecule has 0 bridgehead atoms. The van der Waals surface area contributed by atoms with Gasteiger partial charge in [-0.25, -0.2) is 0 Å². The number of anilines is 3. The van der Waals surface area contributed by atoms with Crippen molar-refractivity contribution in [3.63, 3.8) is 0 Å². The highest BCUT2D eigenvalue weighted by Gasteiger charge is 2.36. The fourth-order valence-corrected chi connectivity index (χ4v) is 9.65. The van der Waals surface area contributed by atoms with Gasteiger partial charge in [-0.3, -0.25) is 0 Å². The molecule has 0 aliphatic heterocycles. The second-order valence-corrected chi connectivity index (χ2v) is 16.5. The smallest absolute Gasteiger partial charge is 0.143 e. The van der Waals surface area contributed by atoms with Crippen LogP contribution >= 0.6 is 0 Å². The van der Waals surface area contributed by atoms with Crippen molar-refractivity contribution in [3.8, 4) is 44.5 Å². The highest BCUT2D eigenvalue weighted by atomic mass is 16.3. The highest BCUT2D eigenvalue weighted by Crippen LogP contribution is 2.52. The Hall–Kier alpha value is -7.62. The molecule has 2 heterocycles. The molecule has 3 nitrogen and oxygen atoms in total. The van der Waals surface area contributed by atoms with E-state index in [1.54, 1.807) is 0 Å². The summed E-state index contributed by atoms with van der Waals surface area (Å²) in [7, 11) is 0. The summed E-state index contributed by atoms with van der Waals surface area (Å²) < 4.78 is 12.9. The van der Waals surface area contributed by atoms with Crippen LogP contribution in [0, 0.1) is 0 Å². The Bertz CT molecular complexity index is 3280. The Balaban J connectivity index is 0.973. The van der Waals surface area contributed by atoms with Gasteiger partial charge < -0.3 is 13.7 Å². The zero-order valence-corrected chi connectivity index (χ0v) is 33.3. The van der Waals surface area contributed by atoms with E-state index >= 15 is 0 Å². The molecule has 0 spiro atoms. The molecule has 0 unspecified atom stereocenters. The molecule has 0 saturated heterocycles. The lowest BCUT2D eigenvalue weighted by molar-refractivity contribution is 0.660. The minimum atomic E-state index is -0.193. The lowest BCUT2D eigenvalue weighted by Crippen LogP contribution is -2.16. The third kappa shape index (κ3) is 5.29. The van der Waals surface area contributed by atoms with Gasteiger partial charge in [-0.2, -0.15) is 0 Å². The molecule has 1 aliphatic carbocycles. The summed E-state index contributed by atoms with van der Waals surface area (Å²) in [5.74, 6) is 0. The number of hydrogen-bond acceptors (Lipinski definition) is 3. The summed E-state index contributed by atoms with van der Waals surface area (Å²) in [4.78, 5) is 2.38. The maximum Gasteiger partial charge on any atom is 0.143 e. The summed E-state index contributed by atoms with van der Waals surface area (Å²) in [5, 5.41) is 4.53. The van der Waals surface area contributed by atoms with Crippen LogP contribution in [0.3, 0.4) is 0 Å². The lowest BCUT2D eigenvalue weighted by Gasteiger charge is -2.28. The fourth-order valence-electron chi connectivity index (χ4n) is 9.65. The number of nitrogens with zero attached hydrogens (tertiary/aromatic N) is 1. The molecule has 0 fully saturated rings. The first-order valence-electron chi connectivity index (χ1n) is 20.7. The predicted octanol–water partition coefficient (Wildman–Crippen LogP) is 16.3. The molecular formula is C57H39NO2. The van der Waals surface area contributed by atoms with Gasteiger partial charge >= 0.3 is 0 Å². The van der Waals surface area contributed by atoms with Crippen molar-refractivity contribution >= 4 is 60.9 Å². The number of para-hydroxylation sites is 4. The lowest BCUT2D eigenvalue weighted by atomic mass is 9.81. The Kier molecular flexibility index (Phi) is 7.58. The molecule has 60 heavy (non-hydrogen) atoms.